The molecular formula is C20H26N2S2+2. The number of nitrogens with one attached hydrogen (secondary N) is 2. The third kappa shape index (κ3) is 5.02. The first-order valence-corrected chi connectivity index (χ1v) is 10.3. The molecule has 0 fully saturated rings. The average molecular weight is 359 g/mol. The van der Waals surface area contributed by atoms with Crippen LogP contribution in [0.15, 0.2) is 57.9 Å². The van der Waals surface area contributed by atoms with Crippen LogP contribution in [0.25, 0.3) is 11.1 Å². The van der Waals surface area contributed by atoms with Gasteiger partial charge in [-0.05, 0) is 50.8 Å². The van der Waals surface area contributed by atoms with Gasteiger partial charge in [0, 0.05) is 11.1 Å². The summed E-state index contributed by atoms with van der Waals surface area (Å²) in [5, 5.41) is 8.84. The molecule has 1 aromatic carbocycles. The van der Waals surface area contributed by atoms with Crippen LogP contribution in [0.4, 0.5) is 0 Å². The molecule has 0 bridgehead atoms. The van der Waals surface area contributed by atoms with Gasteiger partial charge in [0.1, 0.15) is 26.2 Å². The van der Waals surface area contributed by atoms with Gasteiger partial charge < -0.3 is 9.80 Å². The molecular weight excluding hydrogens is 332 g/mol. The Kier molecular flexibility index (Phi) is 6.21. The summed E-state index contributed by atoms with van der Waals surface area (Å²) in [6.07, 6.45) is 0. The summed E-state index contributed by atoms with van der Waals surface area (Å²) in [4.78, 5) is 3.15. The highest BCUT2D eigenvalue weighted by atomic mass is 32.1. The highest BCUT2D eigenvalue weighted by Gasteiger charge is 2.13. The van der Waals surface area contributed by atoms with Gasteiger partial charge in [-0.2, -0.15) is 22.7 Å². The molecule has 126 valence electrons. The summed E-state index contributed by atoms with van der Waals surface area (Å²) in [5.74, 6) is 0. The first-order chi connectivity index (χ1) is 11.7. The molecule has 2 aromatic heterocycles. The van der Waals surface area contributed by atoms with Crippen molar-refractivity contribution in [3.8, 4) is 11.1 Å². The van der Waals surface area contributed by atoms with Crippen LogP contribution in [-0.2, 0) is 13.1 Å². The summed E-state index contributed by atoms with van der Waals surface area (Å²) in [7, 11) is 4.47. The summed E-state index contributed by atoms with van der Waals surface area (Å²) < 4.78 is 0. The van der Waals surface area contributed by atoms with Crippen molar-refractivity contribution in [1.29, 1.82) is 0 Å². The van der Waals surface area contributed by atoms with Gasteiger partial charge in [-0.15, -0.1) is 0 Å². The highest BCUT2D eigenvalue weighted by Crippen LogP contribution is 2.22. The first kappa shape index (κ1) is 17.4. The molecule has 0 saturated heterocycles. The van der Waals surface area contributed by atoms with Crippen molar-refractivity contribution >= 4 is 22.7 Å². The van der Waals surface area contributed by atoms with E-state index in [-0.39, 0.29) is 0 Å². The Morgan fingerprint density at radius 3 is 2.29 bits per heavy atom. The van der Waals surface area contributed by atoms with Gasteiger partial charge in [0.2, 0.25) is 0 Å². The maximum Gasteiger partial charge on any atom is 0.127 e. The second-order valence-electron chi connectivity index (χ2n) is 6.65. The van der Waals surface area contributed by atoms with Gasteiger partial charge in [0.15, 0.2) is 0 Å². The number of rotatable bonds is 8. The third-order valence-corrected chi connectivity index (χ3v) is 5.66. The van der Waals surface area contributed by atoms with E-state index in [9.17, 15) is 0 Å². The molecule has 1 atom stereocenters. The molecule has 0 aliphatic rings. The van der Waals surface area contributed by atoms with Gasteiger partial charge in [0.05, 0.1) is 14.1 Å². The maximum absolute atomic E-state index is 2.36. The Hall–Kier alpha value is -1.46. The van der Waals surface area contributed by atoms with Crippen molar-refractivity contribution in [2.24, 2.45) is 0 Å². The highest BCUT2D eigenvalue weighted by molar-refractivity contribution is 7.08. The van der Waals surface area contributed by atoms with Crippen LogP contribution >= 0.6 is 22.7 Å². The van der Waals surface area contributed by atoms with Crippen molar-refractivity contribution in [3.05, 3.63) is 69.0 Å². The Balaban J connectivity index is 1.72. The van der Waals surface area contributed by atoms with E-state index in [2.05, 4.69) is 72.0 Å². The number of quaternary nitrogens is 2. The molecule has 4 heteroatoms. The molecule has 3 aromatic rings. The van der Waals surface area contributed by atoms with Gasteiger partial charge in [0.25, 0.3) is 0 Å². The fourth-order valence-electron chi connectivity index (χ4n) is 2.93. The monoisotopic (exact) mass is 358 g/mol. The lowest BCUT2D eigenvalue weighted by Crippen LogP contribution is -3.16. The predicted molar refractivity (Wildman–Crippen MR) is 105 cm³/mol. The zero-order valence-corrected chi connectivity index (χ0v) is 16.1. The Morgan fingerprint density at radius 2 is 1.58 bits per heavy atom. The van der Waals surface area contributed by atoms with E-state index >= 15 is 0 Å². The van der Waals surface area contributed by atoms with Gasteiger partial charge >= 0.3 is 0 Å². The lowest BCUT2D eigenvalue weighted by Gasteiger charge is -2.20. The SMILES string of the molecule is C[NH+](C)CC[NH+](Cc1ccsc1)Cc1cccc(-c2ccsc2)c1. The van der Waals surface area contributed by atoms with Gasteiger partial charge in [-0.3, -0.25) is 0 Å². The Bertz CT molecular complexity index is 718. The van der Waals surface area contributed by atoms with E-state index in [0.29, 0.717) is 0 Å². The topological polar surface area (TPSA) is 8.88 Å². The predicted octanol–water partition coefficient (Wildman–Crippen LogP) is 2.21. The summed E-state index contributed by atoms with van der Waals surface area (Å²) >= 11 is 3.56. The molecule has 0 spiro atoms. The first-order valence-electron chi connectivity index (χ1n) is 8.46. The zero-order valence-electron chi connectivity index (χ0n) is 14.4. The van der Waals surface area contributed by atoms with Crippen molar-refractivity contribution < 1.29 is 9.80 Å². The molecule has 1 unspecified atom stereocenters. The van der Waals surface area contributed by atoms with Crippen molar-refractivity contribution in [1.82, 2.24) is 0 Å². The number of hydrogen-bond donors (Lipinski definition) is 2. The van der Waals surface area contributed by atoms with Crippen LogP contribution < -0.4 is 9.80 Å². The van der Waals surface area contributed by atoms with E-state index < -0.39 is 0 Å². The minimum absolute atomic E-state index is 1.08. The summed E-state index contributed by atoms with van der Waals surface area (Å²) in [6.45, 7) is 4.59. The molecule has 0 amide bonds. The second kappa shape index (κ2) is 8.58. The molecule has 0 aliphatic carbocycles. The van der Waals surface area contributed by atoms with Crippen molar-refractivity contribution in [3.63, 3.8) is 0 Å². The molecule has 3 rings (SSSR count). The summed E-state index contributed by atoms with van der Waals surface area (Å²) in [6, 6.07) is 13.5. The van der Waals surface area contributed by atoms with E-state index in [1.807, 2.05) is 0 Å². The lowest BCUT2D eigenvalue weighted by molar-refractivity contribution is -0.960. The van der Waals surface area contributed by atoms with E-state index in [1.54, 1.807) is 27.6 Å². The van der Waals surface area contributed by atoms with Crippen LogP contribution in [0, 0.1) is 0 Å². The zero-order chi connectivity index (χ0) is 16.8. The molecule has 2 N–H and O–H groups in total. The van der Waals surface area contributed by atoms with Crippen LogP contribution in [0.1, 0.15) is 11.1 Å². The fraction of sp³-hybridized carbons (Fsp3) is 0.300. The third-order valence-electron chi connectivity index (χ3n) is 4.25. The van der Waals surface area contributed by atoms with Gasteiger partial charge in [-0.1, -0.05) is 18.2 Å². The smallest absolute Gasteiger partial charge is 0.127 e. The molecule has 2 heterocycles. The minimum atomic E-state index is 1.08. The lowest BCUT2D eigenvalue weighted by atomic mass is 10.1. The molecule has 0 aliphatic heterocycles. The van der Waals surface area contributed by atoms with E-state index in [4.69, 9.17) is 0 Å². The molecule has 0 radical (unpaired) electrons. The van der Waals surface area contributed by atoms with Crippen molar-refractivity contribution in [2.45, 2.75) is 13.1 Å². The molecule has 0 saturated carbocycles. The van der Waals surface area contributed by atoms with Crippen LogP contribution in [0.3, 0.4) is 0 Å². The van der Waals surface area contributed by atoms with E-state index in [1.165, 1.54) is 40.2 Å². The minimum Gasteiger partial charge on any atom is -0.335 e. The average Bonchev–Trinajstić information content (AvgIpc) is 3.26. The van der Waals surface area contributed by atoms with Crippen LogP contribution in [0.2, 0.25) is 0 Å². The number of hydrogen-bond acceptors (Lipinski definition) is 2. The Labute approximate surface area is 153 Å². The van der Waals surface area contributed by atoms with Crippen LogP contribution in [-0.4, -0.2) is 27.2 Å². The second-order valence-corrected chi connectivity index (χ2v) is 8.21. The largest absolute Gasteiger partial charge is 0.335 e. The maximum atomic E-state index is 2.36. The van der Waals surface area contributed by atoms with Gasteiger partial charge in [-0.25, -0.2) is 0 Å². The quantitative estimate of drug-likeness (QED) is 0.611. The van der Waals surface area contributed by atoms with Crippen LogP contribution in [0.5, 0.6) is 0 Å². The standard InChI is InChI=1S/C20H24N2S2/c1-21(2)8-9-22(14-18-6-10-23-15-18)13-17-4-3-5-19(12-17)20-7-11-24-16-20/h3-7,10-12,15-16H,8-9,13-14H2,1-2H3/p+2. The summed E-state index contributed by atoms with van der Waals surface area (Å²) in [5.41, 5.74) is 5.55. The number of likely N-dealkylation sites (N-methyl/N-ethyl adjacent to an activating group) is 1. The normalized spacial score (nSPS) is 12.6. The van der Waals surface area contributed by atoms with Crippen molar-refractivity contribution in [2.75, 3.05) is 27.2 Å². The van der Waals surface area contributed by atoms with E-state index in [0.717, 1.165) is 13.1 Å². The number of thiophene rings is 2. The Morgan fingerprint density at radius 1 is 0.792 bits per heavy atom. The fourth-order valence-corrected chi connectivity index (χ4v) is 4.26. The number of benzene rings is 1. The molecule has 2 nitrogen and oxygen atoms in total. The molecule has 24 heavy (non-hydrogen) atoms.